The topological polar surface area (TPSA) is 105 Å². The molecule has 0 bridgehead atoms. The number of aromatic nitrogens is 1. The molecule has 8 nitrogen and oxygen atoms in total. The Morgan fingerprint density at radius 2 is 1.51 bits per heavy atom. The van der Waals surface area contributed by atoms with E-state index in [4.69, 9.17) is 0 Å². The molecule has 0 unspecified atom stereocenters. The Bertz CT molecular complexity index is 1720. The summed E-state index contributed by atoms with van der Waals surface area (Å²) in [7, 11) is -7.22. The number of hydrogen-bond acceptors (Lipinski definition) is 7. The summed E-state index contributed by atoms with van der Waals surface area (Å²) in [5.74, 6) is -0.376. The number of hydrogen-bond donors (Lipinski definition) is 0. The van der Waals surface area contributed by atoms with E-state index in [2.05, 4.69) is 18.1 Å². The van der Waals surface area contributed by atoms with Crippen LogP contribution in [-0.2, 0) is 26.4 Å². The first-order chi connectivity index (χ1) is 18.5. The molecule has 1 aromatic heterocycles. The Balaban J connectivity index is 1.72. The highest BCUT2D eigenvalue weighted by Gasteiger charge is 2.25. The molecule has 0 aliphatic heterocycles. The first-order valence-electron chi connectivity index (χ1n) is 11.8. The van der Waals surface area contributed by atoms with Crippen molar-refractivity contribution in [3.8, 4) is 0 Å². The van der Waals surface area contributed by atoms with Crippen LogP contribution in [0, 0.1) is 0 Å². The fraction of sp³-hybridized carbons (Fsp3) is 0.143. The average molecular weight is 582 g/mol. The Morgan fingerprint density at radius 3 is 2.10 bits per heavy atom. The van der Waals surface area contributed by atoms with Gasteiger partial charge in [0, 0.05) is 24.9 Å². The first-order valence-corrected chi connectivity index (χ1v) is 16.0. The minimum atomic E-state index is -3.82. The van der Waals surface area contributed by atoms with Gasteiger partial charge in [0.25, 0.3) is 5.91 Å². The molecule has 3 aromatic carbocycles. The third-order valence-electron chi connectivity index (χ3n) is 5.84. The zero-order chi connectivity index (χ0) is 28.2. The van der Waals surface area contributed by atoms with Crippen molar-refractivity contribution >= 4 is 52.5 Å². The zero-order valence-electron chi connectivity index (χ0n) is 21.2. The summed E-state index contributed by atoms with van der Waals surface area (Å²) >= 11 is 1.21. The molecule has 0 fully saturated rings. The summed E-state index contributed by atoms with van der Waals surface area (Å²) in [6.07, 6.45) is 4.13. The third kappa shape index (κ3) is 6.34. The second-order valence-electron chi connectivity index (χ2n) is 8.70. The monoisotopic (exact) mass is 581 g/mol. The maximum atomic E-state index is 13.8. The number of carbonyl (C=O) groups is 1. The molecule has 0 N–H and O–H groups in total. The van der Waals surface area contributed by atoms with Gasteiger partial charge in [-0.05, 0) is 48.0 Å². The lowest BCUT2D eigenvalue weighted by Gasteiger charge is -2.21. The van der Waals surface area contributed by atoms with Crippen LogP contribution >= 0.6 is 11.3 Å². The van der Waals surface area contributed by atoms with Gasteiger partial charge in [0.1, 0.15) is 0 Å². The van der Waals surface area contributed by atoms with E-state index in [-0.39, 0.29) is 40.9 Å². The third-order valence-corrected chi connectivity index (χ3v) is 9.84. The van der Waals surface area contributed by atoms with Gasteiger partial charge in [-0.1, -0.05) is 53.8 Å². The molecular formula is C28H27N3O5S3. The quantitative estimate of drug-likeness (QED) is 0.233. The van der Waals surface area contributed by atoms with Gasteiger partial charge in [0.2, 0.25) is 10.0 Å². The number of sulfone groups is 1. The summed E-state index contributed by atoms with van der Waals surface area (Å²) in [5.41, 5.74) is 1.71. The molecule has 0 spiro atoms. The predicted octanol–water partition coefficient (Wildman–Crippen LogP) is 4.91. The van der Waals surface area contributed by atoms with Crippen LogP contribution in [0.2, 0.25) is 0 Å². The predicted molar refractivity (Wildman–Crippen MR) is 155 cm³/mol. The lowest BCUT2D eigenvalue weighted by Crippen LogP contribution is -2.32. The number of thiazole rings is 1. The highest BCUT2D eigenvalue weighted by atomic mass is 32.2. The number of sulfonamides is 1. The van der Waals surface area contributed by atoms with E-state index in [1.807, 2.05) is 30.3 Å². The van der Waals surface area contributed by atoms with Gasteiger partial charge in [-0.25, -0.2) is 21.8 Å². The normalized spacial score (nSPS) is 11.9. The van der Waals surface area contributed by atoms with Gasteiger partial charge in [0.15, 0.2) is 15.0 Å². The van der Waals surface area contributed by atoms with Crippen molar-refractivity contribution in [3.05, 3.63) is 109 Å². The van der Waals surface area contributed by atoms with Crippen molar-refractivity contribution in [1.29, 1.82) is 0 Å². The summed E-state index contributed by atoms with van der Waals surface area (Å²) in [4.78, 5) is 20.1. The van der Waals surface area contributed by atoms with Gasteiger partial charge >= 0.3 is 0 Å². The molecular weight excluding hydrogens is 555 g/mol. The van der Waals surface area contributed by atoms with Crippen LogP contribution in [0.15, 0.2) is 108 Å². The zero-order valence-corrected chi connectivity index (χ0v) is 23.7. The molecule has 0 radical (unpaired) electrons. The molecule has 1 heterocycles. The molecule has 0 saturated carbocycles. The number of nitrogens with zero attached hydrogens (tertiary/aromatic N) is 3. The maximum absolute atomic E-state index is 13.8. The molecule has 0 atom stereocenters. The van der Waals surface area contributed by atoms with Gasteiger partial charge < -0.3 is 0 Å². The van der Waals surface area contributed by atoms with Crippen molar-refractivity contribution in [1.82, 2.24) is 9.29 Å². The minimum Gasteiger partial charge on any atom is -0.279 e. The minimum absolute atomic E-state index is 0.0469. The van der Waals surface area contributed by atoms with Crippen molar-refractivity contribution in [2.75, 3.05) is 24.2 Å². The van der Waals surface area contributed by atoms with Gasteiger partial charge in [0.05, 0.1) is 26.6 Å². The number of fused-ring (bicyclic) bond motifs is 1. The van der Waals surface area contributed by atoms with Crippen molar-refractivity contribution in [2.24, 2.45) is 0 Å². The van der Waals surface area contributed by atoms with Crippen molar-refractivity contribution in [2.45, 2.75) is 16.3 Å². The summed E-state index contributed by atoms with van der Waals surface area (Å²) in [6, 6.07) is 19.8. The van der Waals surface area contributed by atoms with Crippen LogP contribution in [0.5, 0.6) is 0 Å². The van der Waals surface area contributed by atoms with E-state index in [1.54, 1.807) is 12.1 Å². The highest BCUT2D eigenvalue weighted by molar-refractivity contribution is 7.90. The number of benzene rings is 3. The number of rotatable bonds is 11. The largest absolute Gasteiger partial charge is 0.279 e. The number of amides is 1. The summed E-state index contributed by atoms with van der Waals surface area (Å²) in [5, 5.41) is 0.393. The summed E-state index contributed by atoms with van der Waals surface area (Å²) in [6.45, 7) is 7.69. The van der Waals surface area contributed by atoms with E-state index >= 15 is 0 Å². The fourth-order valence-electron chi connectivity index (χ4n) is 3.86. The van der Waals surface area contributed by atoms with Gasteiger partial charge in [-0.2, -0.15) is 4.31 Å². The van der Waals surface area contributed by atoms with Gasteiger partial charge in [-0.15, -0.1) is 13.2 Å². The number of anilines is 1. The lowest BCUT2D eigenvalue weighted by molar-refractivity contribution is 0.0985. The van der Waals surface area contributed by atoms with Crippen LogP contribution in [0.1, 0.15) is 15.9 Å². The second kappa shape index (κ2) is 11.6. The Labute approximate surface area is 232 Å². The molecule has 11 heteroatoms. The van der Waals surface area contributed by atoms with Crippen LogP contribution in [0.25, 0.3) is 10.2 Å². The molecule has 0 aliphatic carbocycles. The van der Waals surface area contributed by atoms with Crippen LogP contribution in [-0.4, -0.2) is 51.4 Å². The maximum Gasteiger partial charge on any atom is 0.260 e. The fourth-order valence-corrected chi connectivity index (χ4v) is 6.97. The van der Waals surface area contributed by atoms with E-state index in [1.165, 1.54) is 63.0 Å². The molecule has 39 heavy (non-hydrogen) atoms. The van der Waals surface area contributed by atoms with Crippen LogP contribution in [0.3, 0.4) is 0 Å². The average Bonchev–Trinajstić information content (AvgIpc) is 3.35. The first kappa shape index (κ1) is 28.4. The SMILES string of the molecule is C=CCN(CC=C)S(=O)(=O)c1ccc(C(=O)N(Cc2ccccc2)c2nc3ccc(S(C)(=O)=O)cc3s2)cc1. The Morgan fingerprint density at radius 1 is 0.897 bits per heavy atom. The summed E-state index contributed by atoms with van der Waals surface area (Å²) < 4.78 is 52.1. The van der Waals surface area contributed by atoms with Crippen molar-refractivity contribution in [3.63, 3.8) is 0 Å². The van der Waals surface area contributed by atoms with E-state index in [0.717, 1.165) is 11.8 Å². The smallest absolute Gasteiger partial charge is 0.260 e. The Hall–Kier alpha value is -3.64. The number of carbonyl (C=O) groups excluding carboxylic acids is 1. The molecule has 1 amide bonds. The molecule has 4 aromatic rings. The van der Waals surface area contributed by atoms with E-state index in [9.17, 15) is 21.6 Å². The lowest BCUT2D eigenvalue weighted by atomic mass is 10.1. The van der Waals surface area contributed by atoms with E-state index < -0.39 is 19.9 Å². The Kier molecular flexibility index (Phi) is 8.45. The van der Waals surface area contributed by atoms with Crippen LogP contribution < -0.4 is 4.90 Å². The standard InChI is InChI=1S/C28H27N3O5S3/c1-4-17-30(18-5-2)39(35,36)23-13-11-22(12-14-23)27(32)31(20-21-9-7-6-8-10-21)28-29-25-16-15-24(38(3,33)34)19-26(25)37-28/h4-16,19H,1-2,17-18,20H2,3H3. The molecule has 0 aliphatic rings. The van der Waals surface area contributed by atoms with Crippen molar-refractivity contribution < 1.29 is 21.6 Å². The highest BCUT2D eigenvalue weighted by Crippen LogP contribution is 2.32. The molecule has 202 valence electrons. The van der Waals surface area contributed by atoms with Gasteiger partial charge in [-0.3, -0.25) is 9.69 Å². The molecule has 0 saturated heterocycles. The van der Waals surface area contributed by atoms with Crippen LogP contribution in [0.4, 0.5) is 5.13 Å². The second-order valence-corrected chi connectivity index (χ2v) is 13.7. The molecule has 4 rings (SSSR count). The van der Waals surface area contributed by atoms with E-state index in [0.29, 0.717) is 15.3 Å².